The van der Waals surface area contributed by atoms with Crippen LogP contribution in [-0.2, 0) is 33.0 Å². The van der Waals surface area contributed by atoms with Crippen LogP contribution in [-0.4, -0.2) is 37.9 Å². The first-order valence-electron chi connectivity index (χ1n) is 8.90. The number of aromatic nitrogens is 4. The van der Waals surface area contributed by atoms with Crippen molar-refractivity contribution < 1.29 is 4.52 Å². The van der Waals surface area contributed by atoms with Crippen LogP contribution >= 0.6 is 0 Å². The molecule has 2 aliphatic carbocycles. The Morgan fingerprint density at radius 1 is 1.21 bits per heavy atom. The summed E-state index contributed by atoms with van der Waals surface area (Å²) < 4.78 is 7.64. The number of hydrogen-bond acceptors (Lipinski definition) is 6. The molecule has 2 aromatic rings. The van der Waals surface area contributed by atoms with Gasteiger partial charge in [0.25, 0.3) is 0 Å². The summed E-state index contributed by atoms with van der Waals surface area (Å²) in [5, 5.41) is 13.1. The van der Waals surface area contributed by atoms with Crippen molar-refractivity contribution in [1.82, 2.24) is 24.8 Å². The maximum atomic E-state index is 5.89. The molecule has 0 aliphatic heterocycles. The predicted molar refractivity (Wildman–Crippen MR) is 89.3 cm³/mol. The number of fused-ring (bicyclic) bond motifs is 1. The van der Waals surface area contributed by atoms with E-state index in [-0.39, 0.29) is 0 Å². The second kappa shape index (κ2) is 6.29. The molecule has 0 aromatic carbocycles. The minimum atomic E-state index is 0.330. The zero-order valence-electron chi connectivity index (χ0n) is 14.5. The largest absolute Gasteiger partial charge is 0.361 e. The van der Waals surface area contributed by atoms with Crippen LogP contribution in [0.5, 0.6) is 0 Å². The molecule has 0 saturated heterocycles. The van der Waals surface area contributed by atoms with Crippen LogP contribution < -0.4 is 5.73 Å². The summed E-state index contributed by atoms with van der Waals surface area (Å²) in [4.78, 5) is 2.23. The Morgan fingerprint density at radius 2 is 2.00 bits per heavy atom. The molecule has 1 fully saturated rings. The minimum Gasteiger partial charge on any atom is -0.361 e. The molecule has 4 rings (SSSR count). The van der Waals surface area contributed by atoms with Crippen LogP contribution in [0.1, 0.15) is 60.3 Å². The molecule has 0 bridgehead atoms. The van der Waals surface area contributed by atoms with Crippen molar-refractivity contribution in [3.05, 3.63) is 28.7 Å². The Kier molecular flexibility index (Phi) is 4.14. The molecule has 130 valence electrons. The Bertz CT molecular complexity index is 715. The molecule has 0 radical (unpaired) electrons. The fourth-order valence-electron chi connectivity index (χ4n) is 3.87. The molecule has 0 atom stereocenters. The summed E-state index contributed by atoms with van der Waals surface area (Å²) in [6, 6.07) is 0.330. The fraction of sp³-hybridized carbons (Fsp3) is 0.706. The van der Waals surface area contributed by atoms with Crippen molar-refractivity contribution >= 4 is 0 Å². The van der Waals surface area contributed by atoms with Crippen molar-refractivity contribution in [1.29, 1.82) is 0 Å². The van der Waals surface area contributed by atoms with Gasteiger partial charge in [-0.1, -0.05) is 5.16 Å². The molecular formula is C17H26N6O. The van der Waals surface area contributed by atoms with Crippen LogP contribution in [0.25, 0.3) is 0 Å². The van der Waals surface area contributed by atoms with Crippen LogP contribution in [0.15, 0.2) is 4.52 Å². The van der Waals surface area contributed by atoms with Gasteiger partial charge in [-0.05, 0) is 39.2 Å². The van der Waals surface area contributed by atoms with Crippen molar-refractivity contribution in [2.24, 2.45) is 12.8 Å². The Morgan fingerprint density at radius 3 is 2.79 bits per heavy atom. The summed E-state index contributed by atoms with van der Waals surface area (Å²) in [6.45, 7) is 1.54. The van der Waals surface area contributed by atoms with Crippen molar-refractivity contribution in [2.45, 2.75) is 63.6 Å². The average molecular weight is 330 g/mol. The molecule has 2 aliphatic rings. The summed E-state index contributed by atoms with van der Waals surface area (Å²) in [5.41, 5.74) is 8.31. The lowest BCUT2D eigenvalue weighted by molar-refractivity contribution is 0.289. The van der Waals surface area contributed by atoms with Gasteiger partial charge in [0.1, 0.15) is 23.1 Å². The SMILES string of the molecule is CN(Cc1noc2c1CCCC2)Cc1nnc(C2CC(N)C2)n1C. The van der Waals surface area contributed by atoms with E-state index in [9.17, 15) is 0 Å². The van der Waals surface area contributed by atoms with Crippen molar-refractivity contribution in [2.75, 3.05) is 7.05 Å². The highest BCUT2D eigenvalue weighted by molar-refractivity contribution is 5.25. The molecule has 7 heteroatoms. The Balaban J connectivity index is 1.41. The number of hydrogen-bond donors (Lipinski definition) is 1. The van der Waals surface area contributed by atoms with Gasteiger partial charge < -0.3 is 14.8 Å². The third-order valence-corrected chi connectivity index (χ3v) is 5.40. The fourth-order valence-corrected chi connectivity index (χ4v) is 3.87. The normalized spacial score (nSPS) is 23.3. The van der Waals surface area contributed by atoms with E-state index >= 15 is 0 Å². The number of aryl methyl sites for hydroxylation is 1. The smallest absolute Gasteiger partial charge is 0.146 e. The van der Waals surface area contributed by atoms with E-state index < -0.39 is 0 Å². The highest BCUT2D eigenvalue weighted by Gasteiger charge is 2.31. The quantitative estimate of drug-likeness (QED) is 0.894. The van der Waals surface area contributed by atoms with Gasteiger partial charge in [-0.3, -0.25) is 4.90 Å². The number of nitrogens with zero attached hydrogens (tertiary/aromatic N) is 5. The molecule has 7 nitrogen and oxygen atoms in total. The highest BCUT2D eigenvalue weighted by atomic mass is 16.5. The van der Waals surface area contributed by atoms with Crippen LogP contribution in [0.3, 0.4) is 0 Å². The van der Waals surface area contributed by atoms with Gasteiger partial charge in [0.15, 0.2) is 0 Å². The summed E-state index contributed by atoms with van der Waals surface area (Å²) in [5.74, 6) is 3.62. The molecule has 2 N–H and O–H groups in total. The number of rotatable bonds is 5. The molecular weight excluding hydrogens is 304 g/mol. The third-order valence-electron chi connectivity index (χ3n) is 5.40. The van der Waals surface area contributed by atoms with Gasteiger partial charge in [0.05, 0.1) is 6.54 Å². The van der Waals surface area contributed by atoms with Crippen LogP contribution in [0, 0.1) is 0 Å². The van der Waals surface area contributed by atoms with E-state index in [0.717, 1.165) is 61.9 Å². The van der Waals surface area contributed by atoms with Gasteiger partial charge in [-0.25, -0.2) is 0 Å². The first-order chi connectivity index (χ1) is 11.6. The lowest BCUT2D eigenvalue weighted by Crippen LogP contribution is -2.36. The summed E-state index contributed by atoms with van der Waals surface area (Å²) in [7, 11) is 4.15. The van der Waals surface area contributed by atoms with Crippen molar-refractivity contribution in [3.63, 3.8) is 0 Å². The Labute approximate surface area is 142 Å². The maximum absolute atomic E-state index is 5.89. The zero-order valence-corrected chi connectivity index (χ0v) is 14.5. The van der Waals surface area contributed by atoms with Gasteiger partial charge in [-0.2, -0.15) is 0 Å². The summed E-state index contributed by atoms with van der Waals surface area (Å²) in [6.07, 6.45) is 6.62. The topological polar surface area (TPSA) is 86.0 Å². The molecule has 0 spiro atoms. The molecule has 0 amide bonds. The maximum Gasteiger partial charge on any atom is 0.146 e. The predicted octanol–water partition coefficient (Wildman–Crippen LogP) is 1.52. The van der Waals surface area contributed by atoms with Crippen LogP contribution in [0.4, 0.5) is 0 Å². The molecule has 2 heterocycles. The van der Waals surface area contributed by atoms with Crippen molar-refractivity contribution in [3.8, 4) is 0 Å². The first-order valence-corrected chi connectivity index (χ1v) is 8.90. The average Bonchev–Trinajstić information content (AvgIpc) is 3.10. The Hall–Kier alpha value is -1.73. The molecule has 1 saturated carbocycles. The number of nitrogens with two attached hydrogens (primary N) is 1. The lowest BCUT2D eigenvalue weighted by atomic mass is 9.80. The first kappa shape index (κ1) is 15.8. The van der Waals surface area contributed by atoms with Gasteiger partial charge in [0, 0.05) is 37.5 Å². The van der Waals surface area contributed by atoms with Gasteiger partial charge in [-0.15, -0.1) is 10.2 Å². The van der Waals surface area contributed by atoms with E-state index in [1.165, 1.54) is 18.4 Å². The molecule has 0 unspecified atom stereocenters. The minimum absolute atomic E-state index is 0.330. The molecule has 2 aromatic heterocycles. The van der Waals surface area contributed by atoms with E-state index in [0.29, 0.717) is 12.0 Å². The molecule has 24 heavy (non-hydrogen) atoms. The second-order valence-electron chi connectivity index (χ2n) is 7.37. The van der Waals surface area contributed by atoms with E-state index in [1.807, 2.05) is 0 Å². The summed E-state index contributed by atoms with van der Waals surface area (Å²) >= 11 is 0. The lowest BCUT2D eigenvalue weighted by Gasteiger charge is -2.31. The van der Waals surface area contributed by atoms with E-state index in [2.05, 4.69) is 38.9 Å². The van der Waals surface area contributed by atoms with Gasteiger partial charge >= 0.3 is 0 Å². The standard InChI is InChI=1S/C17H26N6O/c1-22(9-14-13-5-3-4-6-15(13)24-21-14)10-16-19-20-17(23(16)2)11-7-12(18)8-11/h11-12H,3-10,18H2,1-2H3. The zero-order chi connectivity index (χ0) is 16.7. The third kappa shape index (κ3) is 2.86. The van der Waals surface area contributed by atoms with E-state index in [1.54, 1.807) is 0 Å². The highest BCUT2D eigenvalue weighted by Crippen LogP contribution is 2.34. The van der Waals surface area contributed by atoms with Gasteiger partial charge in [0.2, 0.25) is 0 Å². The second-order valence-corrected chi connectivity index (χ2v) is 7.37. The van der Waals surface area contributed by atoms with E-state index in [4.69, 9.17) is 10.3 Å². The van der Waals surface area contributed by atoms with Crippen LogP contribution in [0.2, 0.25) is 0 Å². The monoisotopic (exact) mass is 330 g/mol.